The second-order valence-corrected chi connectivity index (χ2v) is 4.47. The molecule has 0 aliphatic carbocycles. The maximum atomic E-state index is 10.8. The molecule has 0 aliphatic heterocycles. The first-order chi connectivity index (χ1) is 8.97. The van der Waals surface area contributed by atoms with Gasteiger partial charge in [0.2, 0.25) is 0 Å². The summed E-state index contributed by atoms with van der Waals surface area (Å²) in [5, 5.41) is 11.1. The highest BCUT2D eigenvalue weighted by molar-refractivity contribution is 6.29. The molecule has 5 nitrogen and oxygen atoms in total. The highest BCUT2D eigenvalue weighted by Crippen LogP contribution is 2.31. The van der Waals surface area contributed by atoms with E-state index in [2.05, 4.69) is 4.98 Å². The van der Waals surface area contributed by atoms with E-state index in [1.165, 1.54) is 12.1 Å². The minimum Gasteiger partial charge on any atom is -0.456 e. The van der Waals surface area contributed by atoms with Gasteiger partial charge in [0.05, 0.1) is 11.0 Å². The molecule has 1 aromatic heterocycles. The number of non-ortho nitro benzene ring substituents is 1. The molecule has 0 aliphatic rings. The summed E-state index contributed by atoms with van der Waals surface area (Å²) in [5.74, 6) is 0.961. The molecule has 1 heterocycles. The predicted molar refractivity (Wildman–Crippen MR) is 71.9 cm³/mol. The highest BCUT2D eigenvalue weighted by atomic mass is 35.5. The summed E-state index contributed by atoms with van der Waals surface area (Å²) in [6, 6.07) is 6.05. The van der Waals surface area contributed by atoms with Crippen LogP contribution in [0.3, 0.4) is 0 Å². The Bertz CT molecular complexity index is 644. The molecule has 6 heteroatoms. The largest absolute Gasteiger partial charge is 0.456 e. The number of aromatic nitrogens is 1. The molecule has 0 radical (unpaired) electrons. The van der Waals surface area contributed by atoms with Gasteiger partial charge < -0.3 is 4.74 Å². The van der Waals surface area contributed by atoms with E-state index < -0.39 is 4.92 Å². The van der Waals surface area contributed by atoms with Crippen molar-refractivity contribution in [1.82, 2.24) is 4.98 Å². The number of benzene rings is 1. The summed E-state index contributed by atoms with van der Waals surface area (Å²) in [6.45, 7) is 3.64. The van der Waals surface area contributed by atoms with Gasteiger partial charge in [0.1, 0.15) is 16.7 Å². The molecule has 0 spiro atoms. The predicted octanol–water partition coefficient (Wildman–Crippen LogP) is 4.05. The van der Waals surface area contributed by atoms with Crippen LogP contribution in [0.5, 0.6) is 11.5 Å². The Morgan fingerprint density at radius 3 is 2.58 bits per heavy atom. The highest BCUT2D eigenvalue weighted by Gasteiger charge is 2.11. The number of halogens is 1. The minimum absolute atomic E-state index is 0.0154. The fraction of sp³-hybridized carbons (Fsp3) is 0.154. The lowest BCUT2D eigenvalue weighted by Crippen LogP contribution is -1.94. The Labute approximate surface area is 115 Å². The number of nitro benzene ring substituents is 1. The number of ether oxygens (including phenoxy) is 1. The Kier molecular flexibility index (Phi) is 3.66. The van der Waals surface area contributed by atoms with Gasteiger partial charge in [0.15, 0.2) is 0 Å². The van der Waals surface area contributed by atoms with E-state index in [1.54, 1.807) is 18.3 Å². The lowest BCUT2D eigenvalue weighted by molar-refractivity contribution is -0.384. The minimum atomic E-state index is -0.460. The van der Waals surface area contributed by atoms with Crippen LogP contribution in [-0.4, -0.2) is 9.91 Å². The van der Waals surface area contributed by atoms with E-state index in [0.717, 1.165) is 11.1 Å². The van der Waals surface area contributed by atoms with Crippen LogP contribution in [0, 0.1) is 24.0 Å². The van der Waals surface area contributed by atoms with E-state index in [1.807, 2.05) is 13.8 Å². The van der Waals surface area contributed by atoms with Gasteiger partial charge in [0.25, 0.3) is 5.69 Å². The third-order valence-electron chi connectivity index (χ3n) is 2.62. The fourth-order valence-corrected chi connectivity index (χ4v) is 1.67. The molecule has 0 atom stereocenters. The first-order valence-electron chi connectivity index (χ1n) is 5.52. The van der Waals surface area contributed by atoms with E-state index in [9.17, 15) is 10.1 Å². The molecule has 0 amide bonds. The number of hydrogen-bond donors (Lipinski definition) is 0. The lowest BCUT2D eigenvalue weighted by atomic mass is 10.2. The van der Waals surface area contributed by atoms with Crippen LogP contribution < -0.4 is 4.74 Å². The zero-order chi connectivity index (χ0) is 14.0. The van der Waals surface area contributed by atoms with Crippen molar-refractivity contribution < 1.29 is 9.66 Å². The smallest absolute Gasteiger partial charge is 0.273 e. The number of hydrogen-bond acceptors (Lipinski definition) is 4. The van der Waals surface area contributed by atoms with Crippen molar-refractivity contribution >= 4 is 17.3 Å². The second-order valence-electron chi connectivity index (χ2n) is 4.08. The maximum Gasteiger partial charge on any atom is 0.273 e. The summed E-state index contributed by atoms with van der Waals surface area (Å²) in [6.07, 6.45) is 1.59. The van der Waals surface area contributed by atoms with E-state index in [0.29, 0.717) is 16.7 Å². The van der Waals surface area contributed by atoms with Crippen molar-refractivity contribution in [3.8, 4) is 11.5 Å². The Balaban J connectivity index is 2.40. The number of nitro groups is 1. The van der Waals surface area contributed by atoms with Crippen molar-refractivity contribution in [1.29, 1.82) is 0 Å². The number of rotatable bonds is 3. The molecule has 0 bridgehead atoms. The molecule has 19 heavy (non-hydrogen) atoms. The molecular weight excluding hydrogens is 268 g/mol. The molecule has 0 unspecified atom stereocenters. The van der Waals surface area contributed by atoms with Crippen molar-refractivity contribution in [3.05, 3.63) is 56.9 Å². The van der Waals surface area contributed by atoms with E-state index in [4.69, 9.17) is 16.3 Å². The number of pyridine rings is 1. The van der Waals surface area contributed by atoms with Gasteiger partial charge in [-0.3, -0.25) is 10.1 Å². The molecule has 0 saturated heterocycles. The third-order valence-corrected chi connectivity index (χ3v) is 2.83. The van der Waals surface area contributed by atoms with Gasteiger partial charge in [-0.25, -0.2) is 4.98 Å². The van der Waals surface area contributed by atoms with Gasteiger partial charge in [-0.1, -0.05) is 11.6 Å². The van der Waals surface area contributed by atoms with Gasteiger partial charge >= 0.3 is 0 Å². The van der Waals surface area contributed by atoms with E-state index in [-0.39, 0.29) is 5.69 Å². The summed E-state index contributed by atoms with van der Waals surface area (Å²) in [7, 11) is 0. The second kappa shape index (κ2) is 5.24. The zero-order valence-corrected chi connectivity index (χ0v) is 11.1. The van der Waals surface area contributed by atoms with Gasteiger partial charge in [-0.05, 0) is 25.5 Å². The molecule has 0 N–H and O–H groups in total. The SMILES string of the molecule is Cc1ccc([N+](=O)[O-])cc1Oc1cc(Cl)ncc1C. The van der Waals surface area contributed by atoms with Gasteiger partial charge in [-0.15, -0.1) is 0 Å². The van der Waals surface area contributed by atoms with Gasteiger partial charge in [0, 0.05) is 23.9 Å². The van der Waals surface area contributed by atoms with Crippen molar-refractivity contribution in [3.63, 3.8) is 0 Å². The Morgan fingerprint density at radius 1 is 1.21 bits per heavy atom. The quantitative estimate of drug-likeness (QED) is 0.482. The summed E-state index contributed by atoms with van der Waals surface area (Å²) < 4.78 is 5.68. The Morgan fingerprint density at radius 2 is 1.89 bits per heavy atom. The van der Waals surface area contributed by atoms with Crippen LogP contribution in [0.15, 0.2) is 30.5 Å². The standard InChI is InChI=1S/C13H11ClN2O3/c1-8-3-4-10(16(17)18)5-11(8)19-12-6-13(14)15-7-9(12)2/h3-7H,1-2H3. The molecule has 2 rings (SSSR count). The first-order valence-corrected chi connectivity index (χ1v) is 5.90. The van der Waals surface area contributed by atoms with Crippen LogP contribution in [0.2, 0.25) is 5.15 Å². The van der Waals surface area contributed by atoms with Crippen LogP contribution in [0.25, 0.3) is 0 Å². The zero-order valence-electron chi connectivity index (χ0n) is 10.4. The van der Waals surface area contributed by atoms with Crippen LogP contribution in [-0.2, 0) is 0 Å². The number of nitrogens with zero attached hydrogens (tertiary/aromatic N) is 2. The van der Waals surface area contributed by atoms with Crippen molar-refractivity contribution in [2.24, 2.45) is 0 Å². The topological polar surface area (TPSA) is 65.3 Å². The normalized spacial score (nSPS) is 10.3. The molecule has 1 aromatic carbocycles. The van der Waals surface area contributed by atoms with Crippen LogP contribution >= 0.6 is 11.6 Å². The summed E-state index contributed by atoms with van der Waals surface area (Å²) in [4.78, 5) is 14.2. The molecule has 0 saturated carbocycles. The average molecular weight is 279 g/mol. The summed E-state index contributed by atoms with van der Waals surface area (Å²) >= 11 is 5.81. The van der Waals surface area contributed by atoms with Crippen LogP contribution in [0.1, 0.15) is 11.1 Å². The van der Waals surface area contributed by atoms with Crippen molar-refractivity contribution in [2.45, 2.75) is 13.8 Å². The third kappa shape index (κ3) is 3.00. The average Bonchev–Trinajstić information content (AvgIpc) is 2.36. The molecule has 0 fully saturated rings. The number of aryl methyl sites for hydroxylation is 2. The maximum absolute atomic E-state index is 10.8. The molecular formula is C13H11ClN2O3. The summed E-state index contributed by atoms with van der Waals surface area (Å²) in [5.41, 5.74) is 1.59. The van der Waals surface area contributed by atoms with E-state index >= 15 is 0 Å². The molecule has 98 valence electrons. The Hall–Kier alpha value is -2.14. The van der Waals surface area contributed by atoms with Crippen LogP contribution in [0.4, 0.5) is 5.69 Å². The van der Waals surface area contributed by atoms with Crippen molar-refractivity contribution in [2.75, 3.05) is 0 Å². The van der Waals surface area contributed by atoms with Gasteiger partial charge in [-0.2, -0.15) is 0 Å². The fourth-order valence-electron chi connectivity index (χ4n) is 1.52. The lowest BCUT2D eigenvalue weighted by Gasteiger charge is -2.10. The first kappa shape index (κ1) is 13.3. The monoisotopic (exact) mass is 278 g/mol. The molecule has 2 aromatic rings.